The third-order valence-electron chi connectivity index (χ3n) is 4.27. The number of guanidine groups is 1. The van der Waals surface area contributed by atoms with Crippen molar-refractivity contribution < 1.29 is 9.53 Å². The molecule has 2 rings (SSSR count). The second-order valence-electron chi connectivity index (χ2n) is 6.67. The van der Waals surface area contributed by atoms with Crippen LogP contribution in [0, 0.1) is 6.92 Å². The van der Waals surface area contributed by atoms with Crippen molar-refractivity contribution in [3.63, 3.8) is 0 Å². The number of ether oxygens (including phenoxy) is 1. The van der Waals surface area contributed by atoms with Gasteiger partial charge >= 0.3 is 0 Å². The maximum atomic E-state index is 12.0. The van der Waals surface area contributed by atoms with Crippen molar-refractivity contribution >= 4 is 41.7 Å². The molecule has 0 aliphatic heterocycles. The van der Waals surface area contributed by atoms with Crippen LogP contribution in [0.15, 0.2) is 53.5 Å². The van der Waals surface area contributed by atoms with Crippen molar-refractivity contribution in [3.05, 3.63) is 59.8 Å². The summed E-state index contributed by atoms with van der Waals surface area (Å²) in [5, 5.41) is 9.16. The van der Waals surface area contributed by atoms with E-state index in [9.17, 15) is 4.79 Å². The first-order valence-electron chi connectivity index (χ1n) is 9.93. The molecular weight excluding hydrogens is 493 g/mol. The molecule has 2 aromatic rings. The van der Waals surface area contributed by atoms with Crippen molar-refractivity contribution in [1.29, 1.82) is 0 Å². The summed E-state index contributed by atoms with van der Waals surface area (Å²) in [5.41, 5.74) is 2.05. The highest BCUT2D eigenvalue weighted by Crippen LogP contribution is 2.15. The van der Waals surface area contributed by atoms with Gasteiger partial charge in [-0.25, -0.2) is 4.98 Å². The lowest BCUT2D eigenvalue weighted by Crippen LogP contribution is -2.39. The van der Waals surface area contributed by atoms with Gasteiger partial charge in [0.25, 0.3) is 0 Å². The number of hydrogen-bond acceptors (Lipinski definition) is 4. The Morgan fingerprint density at radius 3 is 2.53 bits per heavy atom. The molecule has 3 N–H and O–H groups in total. The molecule has 0 bridgehead atoms. The maximum absolute atomic E-state index is 12.0. The Morgan fingerprint density at radius 1 is 1.10 bits per heavy atom. The van der Waals surface area contributed by atoms with Crippen LogP contribution in [0.5, 0.6) is 0 Å². The molecule has 0 saturated carbocycles. The molecule has 1 aromatic carbocycles. The molecule has 0 aliphatic rings. The molecule has 1 heterocycles. The fourth-order valence-corrected chi connectivity index (χ4v) is 2.69. The number of nitrogens with zero attached hydrogens (tertiary/aromatic N) is 2. The normalized spacial score (nSPS) is 11.9. The minimum Gasteiger partial charge on any atom is -0.374 e. The van der Waals surface area contributed by atoms with Crippen LogP contribution in [0.3, 0.4) is 0 Å². The van der Waals surface area contributed by atoms with Crippen LogP contribution in [0.25, 0.3) is 0 Å². The predicted molar refractivity (Wildman–Crippen MR) is 132 cm³/mol. The summed E-state index contributed by atoms with van der Waals surface area (Å²) in [6, 6.07) is 15.7. The predicted octanol–water partition coefficient (Wildman–Crippen LogP) is 3.67. The van der Waals surface area contributed by atoms with Gasteiger partial charge in [-0.05, 0) is 38.0 Å². The SMILES string of the molecule is CN=C(NCCCOC(C)c1ccccc1)NCCC(=O)Nc1cccc(C)n1.I. The molecule has 0 aliphatic carbocycles. The number of aliphatic imine (C=N–C) groups is 1. The molecule has 8 heteroatoms. The summed E-state index contributed by atoms with van der Waals surface area (Å²) >= 11 is 0. The molecule has 7 nitrogen and oxygen atoms in total. The average molecular weight is 525 g/mol. The first-order valence-corrected chi connectivity index (χ1v) is 9.93. The molecule has 0 spiro atoms. The number of benzene rings is 1. The monoisotopic (exact) mass is 525 g/mol. The van der Waals surface area contributed by atoms with Crippen molar-refractivity contribution in [2.45, 2.75) is 32.8 Å². The van der Waals surface area contributed by atoms with Crippen LogP contribution in [0.2, 0.25) is 0 Å². The summed E-state index contributed by atoms with van der Waals surface area (Å²) in [5.74, 6) is 1.15. The van der Waals surface area contributed by atoms with E-state index in [1.165, 1.54) is 5.56 Å². The van der Waals surface area contributed by atoms with Gasteiger partial charge in [0, 0.05) is 38.9 Å². The van der Waals surface area contributed by atoms with Gasteiger partial charge in [0.15, 0.2) is 5.96 Å². The number of rotatable bonds is 10. The first kappa shape index (κ1) is 25.8. The molecule has 0 fully saturated rings. The van der Waals surface area contributed by atoms with Gasteiger partial charge in [-0.3, -0.25) is 9.79 Å². The van der Waals surface area contributed by atoms with Crippen LogP contribution in [-0.2, 0) is 9.53 Å². The number of halogens is 1. The zero-order valence-corrected chi connectivity index (χ0v) is 20.2. The molecule has 1 unspecified atom stereocenters. The number of aryl methyl sites for hydroxylation is 1. The Hall–Kier alpha value is -2.20. The summed E-state index contributed by atoms with van der Waals surface area (Å²) in [7, 11) is 1.71. The summed E-state index contributed by atoms with van der Waals surface area (Å²) in [6.07, 6.45) is 1.26. The molecule has 0 saturated heterocycles. The molecule has 30 heavy (non-hydrogen) atoms. The number of carbonyl (C=O) groups is 1. The van der Waals surface area contributed by atoms with Crippen molar-refractivity contribution in [2.75, 3.05) is 32.1 Å². The van der Waals surface area contributed by atoms with Gasteiger partial charge in [0.2, 0.25) is 5.91 Å². The minimum atomic E-state index is -0.0886. The number of nitrogens with one attached hydrogen (secondary N) is 3. The third kappa shape index (κ3) is 10.0. The number of anilines is 1. The van der Waals surface area contributed by atoms with Gasteiger partial charge in [0.1, 0.15) is 5.82 Å². The zero-order chi connectivity index (χ0) is 20.9. The van der Waals surface area contributed by atoms with Gasteiger partial charge in [-0.1, -0.05) is 36.4 Å². The highest BCUT2D eigenvalue weighted by molar-refractivity contribution is 14.0. The number of pyridine rings is 1. The average Bonchev–Trinajstić information content (AvgIpc) is 2.72. The summed E-state index contributed by atoms with van der Waals surface area (Å²) in [6.45, 7) is 5.83. The molecule has 1 amide bonds. The van der Waals surface area contributed by atoms with Crippen LogP contribution >= 0.6 is 24.0 Å². The number of hydrogen-bond donors (Lipinski definition) is 3. The molecular formula is C22H32IN5O2. The topological polar surface area (TPSA) is 87.6 Å². The van der Waals surface area contributed by atoms with Crippen molar-refractivity contribution in [3.8, 4) is 0 Å². The minimum absolute atomic E-state index is 0. The van der Waals surface area contributed by atoms with Gasteiger partial charge < -0.3 is 20.7 Å². The smallest absolute Gasteiger partial charge is 0.227 e. The molecule has 1 aromatic heterocycles. The van der Waals surface area contributed by atoms with Crippen molar-refractivity contribution in [2.24, 2.45) is 4.99 Å². The largest absolute Gasteiger partial charge is 0.374 e. The van der Waals surface area contributed by atoms with E-state index in [0.29, 0.717) is 31.3 Å². The standard InChI is InChI=1S/C22H31N5O2.HI/c1-17-9-7-12-20(26-17)27-21(28)13-15-25-22(23-3)24-14-8-16-29-18(2)19-10-5-4-6-11-19;/h4-7,9-12,18H,8,13-16H2,1-3H3,(H2,23,24,25)(H,26,27,28);1H. The Labute approximate surface area is 196 Å². The lowest BCUT2D eigenvalue weighted by Gasteiger charge is -2.15. The van der Waals surface area contributed by atoms with E-state index in [-0.39, 0.29) is 36.0 Å². The summed E-state index contributed by atoms with van der Waals surface area (Å²) in [4.78, 5) is 20.4. The van der Waals surface area contributed by atoms with E-state index in [1.807, 2.05) is 37.3 Å². The lowest BCUT2D eigenvalue weighted by molar-refractivity contribution is -0.116. The van der Waals surface area contributed by atoms with E-state index in [2.05, 4.69) is 45.0 Å². The fourth-order valence-electron chi connectivity index (χ4n) is 2.69. The Kier molecular flexibility index (Phi) is 12.7. The molecule has 1 atom stereocenters. The quantitative estimate of drug-likeness (QED) is 0.191. The molecule has 164 valence electrons. The maximum Gasteiger partial charge on any atom is 0.227 e. The van der Waals surface area contributed by atoms with Crippen molar-refractivity contribution in [1.82, 2.24) is 15.6 Å². The molecule has 0 radical (unpaired) electrons. The Bertz CT molecular complexity index is 786. The second-order valence-corrected chi connectivity index (χ2v) is 6.67. The lowest BCUT2D eigenvalue weighted by atomic mass is 10.1. The van der Waals surface area contributed by atoms with Crippen LogP contribution < -0.4 is 16.0 Å². The second kappa shape index (κ2) is 14.7. The zero-order valence-electron chi connectivity index (χ0n) is 17.9. The first-order chi connectivity index (χ1) is 14.1. The fraction of sp³-hybridized carbons (Fsp3) is 0.409. The number of carbonyl (C=O) groups excluding carboxylic acids is 1. The van der Waals surface area contributed by atoms with E-state index in [0.717, 1.165) is 18.7 Å². The highest BCUT2D eigenvalue weighted by atomic mass is 127. The Morgan fingerprint density at radius 2 is 1.83 bits per heavy atom. The van der Waals surface area contributed by atoms with E-state index >= 15 is 0 Å². The third-order valence-corrected chi connectivity index (χ3v) is 4.27. The number of amides is 1. The van der Waals surface area contributed by atoms with Gasteiger partial charge in [-0.15, -0.1) is 24.0 Å². The van der Waals surface area contributed by atoms with Crippen LogP contribution in [0.4, 0.5) is 5.82 Å². The van der Waals surface area contributed by atoms with Gasteiger partial charge in [-0.2, -0.15) is 0 Å². The van der Waals surface area contributed by atoms with Crippen LogP contribution in [-0.4, -0.2) is 43.6 Å². The van der Waals surface area contributed by atoms with Gasteiger partial charge in [0.05, 0.1) is 6.10 Å². The van der Waals surface area contributed by atoms with E-state index < -0.39 is 0 Å². The summed E-state index contributed by atoms with van der Waals surface area (Å²) < 4.78 is 5.86. The van der Waals surface area contributed by atoms with Crippen LogP contribution in [0.1, 0.15) is 37.1 Å². The van der Waals surface area contributed by atoms with E-state index in [4.69, 9.17) is 4.74 Å². The van der Waals surface area contributed by atoms with E-state index in [1.54, 1.807) is 13.1 Å². The highest BCUT2D eigenvalue weighted by Gasteiger charge is 2.06. The Balaban J connectivity index is 0.00000450. The number of aromatic nitrogens is 1.